The summed E-state index contributed by atoms with van der Waals surface area (Å²) in [5.41, 5.74) is 5.57. The van der Waals surface area contributed by atoms with Crippen molar-refractivity contribution in [2.45, 2.75) is 46.9 Å². The van der Waals surface area contributed by atoms with Crippen LogP contribution in [-0.2, 0) is 71.1 Å². The molecule has 3 unspecified atom stereocenters. The molecule has 4 aromatic carbocycles. The van der Waals surface area contributed by atoms with Crippen molar-refractivity contribution in [3.8, 4) is 0 Å². The van der Waals surface area contributed by atoms with Gasteiger partial charge in [0.1, 0.15) is 0 Å². The van der Waals surface area contributed by atoms with Gasteiger partial charge in [-0.25, -0.2) is 26.3 Å². The predicted octanol–water partition coefficient (Wildman–Crippen LogP) is 3.77. The lowest BCUT2D eigenvalue weighted by Gasteiger charge is -2.33. The topological polar surface area (TPSA) is 253 Å². The van der Waals surface area contributed by atoms with Gasteiger partial charge >= 0.3 is 0 Å². The highest BCUT2D eigenvalue weighted by molar-refractivity contribution is 7.89. The Balaban J connectivity index is 0.717. The Labute approximate surface area is 476 Å². The van der Waals surface area contributed by atoms with Crippen molar-refractivity contribution in [3.05, 3.63) is 126 Å². The number of aliphatic hydroxyl groups excluding tert-OH is 2. The highest BCUT2D eigenvalue weighted by Gasteiger charge is 2.32. The van der Waals surface area contributed by atoms with E-state index in [1.807, 2.05) is 38.4 Å². The molecule has 2 heterocycles. The van der Waals surface area contributed by atoms with Gasteiger partial charge in [-0.1, -0.05) is 70.7 Å². The first kappa shape index (κ1) is 63.6. The van der Waals surface area contributed by atoms with Crippen molar-refractivity contribution in [2.75, 3.05) is 133 Å². The first-order valence-corrected chi connectivity index (χ1v) is 29.7. The van der Waals surface area contributed by atoms with Gasteiger partial charge in [0.05, 0.1) is 89.1 Å². The van der Waals surface area contributed by atoms with Gasteiger partial charge in [-0.15, -0.1) is 0 Å². The van der Waals surface area contributed by atoms with Crippen molar-refractivity contribution in [3.63, 3.8) is 0 Å². The van der Waals surface area contributed by atoms with Crippen LogP contribution in [0.5, 0.6) is 0 Å². The summed E-state index contributed by atoms with van der Waals surface area (Å²) in [6.45, 7) is 4.80. The summed E-state index contributed by atoms with van der Waals surface area (Å²) in [5.74, 6) is -2.15. The number of hydrogen-bond donors (Lipinski definition) is 6. The fraction of sp³-hybridized carbons (Fsp3) is 0.500. The molecule has 0 aliphatic carbocycles. The molecule has 0 fully saturated rings. The van der Waals surface area contributed by atoms with Gasteiger partial charge in [-0.05, 0) is 96.0 Å². The van der Waals surface area contributed by atoms with E-state index < -0.39 is 44.1 Å². The number of carbonyl (C=O) groups excluding carboxylic acids is 2. The maximum Gasteiger partial charge on any atom is 0.252 e. The summed E-state index contributed by atoms with van der Waals surface area (Å²) in [7, 11) is -3.67. The third-order valence-corrected chi connectivity index (χ3v) is 16.6. The lowest BCUT2D eigenvalue weighted by Crippen LogP contribution is -2.50. The van der Waals surface area contributed by atoms with Crippen LogP contribution in [0.1, 0.15) is 45.2 Å². The summed E-state index contributed by atoms with van der Waals surface area (Å²) in [6, 6.07) is 20.9. The SMILES string of the molecule is CN1Cc2c(Cl)cc(Cl)cc2C(c2cccc(S(=O)(=O)NCCOCCOCCOCCNC(=O)C(O)[C@H](O)C(=O)NCCOCCOCCOCCNS(=O)(=O)c3cccc(C4CN(C)Cc5c(Cl)cc(Cl)cc54)c3)c2)C1. The lowest BCUT2D eigenvalue weighted by atomic mass is 9.85. The molecule has 20 nitrogen and oxygen atoms in total. The second-order valence-electron chi connectivity index (χ2n) is 18.5. The van der Waals surface area contributed by atoms with E-state index in [9.17, 15) is 36.6 Å². The maximum absolute atomic E-state index is 13.1. The Hall–Kier alpha value is -3.60. The van der Waals surface area contributed by atoms with Gasteiger partial charge in [-0.2, -0.15) is 0 Å². The van der Waals surface area contributed by atoms with Gasteiger partial charge < -0.3 is 59.1 Å². The number of nitrogens with zero attached hydrogens (tertiary/aromatic N) is 2. The zero-order valence-electron chi connectivity index (χ0n) is 43.4. The maximum atomic E-state index is 13.1. The molecule has 2 amide bonds. The van der Waals surface area contributed by atoms with Crippen molar-refractivity contribution < 1.29 is 65.1 Å². The number of rotatable bonds is 33. The molecule has 6 N–H and O–H groups in total. The van der Waals surface area contributed by atoms with Crippen LogP contribution in [0.3, 0.4) is 0 Å². The molecule has 6 rings (SSSR count). The number of fused-ring (bicyclic) bond motifs is 2. The minimum absolute atomic E-state index is 0.00803. The Morgan fingerprint density at radius 3 is 1.22 bits per heavy atom. The van der Waals surface area contributed by atoms with Crippen molar-refractivity contribution in [1.29, 1.82) is 0 Å². The molecule has 430 valence electrons. The monoisotopic (exact) mass is 1200 g/mol. The molecule has 0 aromatic heterocycles. The highest BCUT2D eigenvalue weighted by atomic mass is 35.5. The van der Waals surface area contributed by atoms with Crippen molar-refractivity contribution >= 4 is 78.3 Å². The summed E-state index contributed by atoms with van der Waals surface area (Å²) >= 11 is 25.7. The van der Waals surface area contributed by atoms with Crippen LogP contribution in [0.25, 0.3) is 0 Å². The molecular weight excluding hydrogens is 1140 g/mol. The van der Waals surface area contributed by atoms with E-state index in [4.69, 9.17) is 74.8 Å². The average molecular weight is 1210 g/mol. The molecule has 0 saturated carbocycles. The fourth-order valence-corrected chi connectivity index (χ4v) is 12.1. The van der Waals surface area contributed by atoms with E-state index in [1.54, 1.807) is 48.5 Å². The number of halogens is 4. The van der Waals surface area contributed by atoms with Crippen LogP contribution < -0.4 is 20.1 Å². The number of aliphatic hydroxyl groups is 2. The molecule has 4 atom stereocenters. The van der Waals surface area contributed by atoms with Crippen LogP contribution in [0, 0.1) is 0 Å². The Bertz CT molecular complexity index is 2650. The van der Waals surface area contributed by atoms with E-state index in [0.717, 1.165) is 33.4 Å². The Morgan fingerprint density at radius 1 is 0.526 bits per heavy atom. The minimum Gasteiger partial charge on any atom is -0.380 e. The van der Waals surface area contributed by atoms with Crippen molar-refractivity contribution in [2.24, 2.45) is 0 Å². The molecule has 4 aromatic rings. The third-order valence-electron chi connectivity index (χ3n) is 12.6. The lowest BCUT2D eigenvalue weighted by molar-refractivity contribution is -0.146. The van der Waals surface area contributed by atoms with E-state index >= 15 is 0 Å². The van der Waals surface area contributed by atoms with Gasteiger partial charge in [-0.3, -0.25) is 9.59 Å². The van der Waals surface area contributed by atoms with E-state index in [-0.39, 0.29) is 127 Å². The molecule has 0 saturated heterocycles. The number of benzene rings is 4. The van der Waals surface area contributed by atoms with Gasteiger partial charge in [0.15, 0.2) is 12.2 Å². The minimum atomic E-state index is -3.82. The van der Waals surface area contributed by atoms with E-state index in [1.165, 1.54) is 0 Å². The van der Waals surface area contributed by atoms with Crippen LogP contribution >= 0.6 is 46.4 Å². The Morgan fingerprint density at radius 2 is 0.859 bits per heavy atom. The summed E-state index contributed by atoms with van der Waals surface area (Å²) in [6.07, 6.45) is -4.04. The zero-order chi connectivity index (χ0) is 56.2. The van der Waals surface area contributed by atoms with Crippen LogP contribution in [0.2, 0.25) is 20.1 Å². The van der Waals surface area contributed by atoms with E-state index in [0.29, 0.717) is 46.3 Å². The Kier molecular flexibility index (Phi) is 25.7. The van der Waals surface area contributed by atoms with Crippen LogP contribution in [0.4, 0.5) is 0 Å². The quantitative estimate of drug-likeness (QED) is 0.0372. The first-order chi connectivity index (χ1) is 37.3. The molecule has 0 radical (unpaired) electrons. The molecular formula is C52H68Cl4N6O14S2. The van der Waals surface area contributed by atoms with Gasteiger partial charge in [0.25, 0.3) is 11.8 Å². The smallest absolute Gasteiger partial charge is 0.252 e. The number of carbonyl (C=O) groups is 2. The van der Waals surface area contributed by atoms with Crippen LogP contribution in [0.15, 0.2) is 82.6 Å². The predicted molar refractivity (Wildman–Crippen MR) is 295 cm³/mol. The number of nitrogens with one attached hydrogen (secondary N) is 4. The standard InChI is InChI=1S/C52H68Cl4N6O14S2/c1-61-31-43(41-27-37(53)29-47(55)45(41)33-61)35-5-3-7-39(25-35)77(67,68)59-11-15-73-19-23-75-21-17-71-13-9-57-51(65)49(63)50(64)52(66)58-10-14-72-18-22-76-24-20-74-16-12-60-78(69,70)40-8-4-6-36(26-40)44-32-62(2)34-46-42(44)28-38(54)30-48(46)56/h3-8,25-30,43-44,49-50,59-60,63-64H,9-24,31-34H2,1-2H3,(H,57,65)(H,58,66)/t43?,44?,49-,50?/m0/s1. The molecule has 0 bridgehead atoms. The fourth-order valence-electron chi connectivity index (χ4n) is 8.79. The second kappa shape index (κ2) is 31.6. The number of sulfonamides is 2. The summed E-state index contributed by atoms with van der Waals surface area (Å²) in [4.78, 5) is 29.1. The molecule has 2 aliphatic rings. The molecule has 26 heteroatoms. The van der Waals surface area contributed by atoms with Crippen LogP contribution in [-0.4, -0.2) is 194 Å². The molecule has 78 heavy (non-hydrogen) atoms. The third kappa shape index (κ3) is 19.3. The summed E-state index contributed by atoms with van der Waals surface area (Å²) in [5, 5.41) is 27.3. The molecule has 0 spiro atoms. The first-order valence-electron chi connectivity index (χ1n) is 25.2. The highest BCUT2D eigenvalue weighted by Crippen LogP contribution is 2.40. The number of ether oxygens (including phenoxy) is 6. The normalized spacial score (nSPS) is 16.8. The van der Waals surface area contributed by atoms with Crippen molar-refractivity contribution in [1.82, 2.24) is 29.9 Å². The number of hydrogen-bond acceptors (Lipinski definition) is 16. The largest absolute Gasteiger partial charge is 0.380 e. The van der Waals surface area contributed by atoms with Gasteiger partial charge in [0.2, 0.25) is 20.0 Å². The number of amides is 2. The van der Waals surface area contributed by atoms with E-state index in [2.05, 4.69) is 29.9 Å². The second-order valence-corrected chi connectivity index (χ2v) is 23.7. The summed E-state index contributed by atoms with van der Waals surface area (Å²) < 4.78 is 90.4. The molecule has 2 aliphatic heterocycles. The average Bonchev–Trinajstić information content (AvgIpc) is 3.50. The van der Waals surface area contributed by atoms with Gasteiger partial charge in [0, 0.05) is 84.3 Å². The zero-order valence-corrected chi connectivity index (χ0v) is 48.1. The number of likely N-dealkylation sites (N-methyl/N-ethyl adjacent to an activating group) is 2.